The third-order valence-electron chi connectivity index (χ3n) is 3.96. The molecule has 1 aliphatic rings. The van der Waals surface area contributed by atoms with E-state index in [4.69, 9.17) is 5.73 Å². The Morgan fingerprint density at radius 1 is 1.35 bits per heavy atom. The van der Waals surface area contributed by atoms with Gasteiger partial charge >= 0.3 is 0 Å². The molecule has 0 amide bonds. The number of nitrogens with two attached hydrogens (primary N) is 1. The van der Waals surface area contributed by atoms with E-state index in [0.717, 1.165) is 31.2 Å². The largest absolute Gasteiger partial charge is 0.330 e. The number of benzene rings is 1. The van der Waals surface area contributed by atoms with Crippen LogP contribution in [-0.2, 0) is 10.0 Å². The van der Waals surface area contributed by atoms with Crippen LogP contribution in [0.15, 0.2) is 27.6 Å². The molecule has 1 aromatic carbocycles. The van der Waals surface area contributed by atoms with Gasteiger partial charge in [0.1, 0.15) is 0 Å². The van der Waals surface area contributed by atoms with Crippen LogP contribution >= 0.6 is 15.9 Å². The van der Waals surface area contributed by atoms with Crippen molar-refractivity contribution in [1.29, 1.82) is 0 Å². The monoisotopic (exact) mass is 360 g/mol. The van der Waals surface area contributed by atoms with E-state index in [-0.39, 0.29) is 12.0 Å². The molecule has 112 valence electrons. The molecule has 0 aromatic heterocycles. The Balaban J connectivity index is 2.24. The van der Waals surface area contributed by atoms with E-state index in [0.29, 0.717) is 15.9 Å². The van der Waals surface area contributed by atoms with Crippen molar-refractivity contribution in [3.05, 3.63) is 28.2 Å². The second-order valence-electron chi connectivity index (χ2n) is 5.40. The Labute approximate surface area is 129 Å². The third kappa shape index (κ3) is 3.42. The van der Waals surface area contributed by atoms with Crippen molar-refractivity contribution in [3.63, 3.8) is 0 Å². The van der Waals surface area contributed by atoms with Crippen molar-refractivity contribution in [2.75, 3.05) is 6.54 Å². The molecule has 3 N–H and O–H groups in total. The molecule has 0 bridgehead atoms. The van der Waals surface area contributed by atoms with E-state index in [1.807, 2.05) is 13.0 Å². The molecule has 1 aromatic rings. The summed E-state index contributed by atoms with van der Waals surface area (Å²) in [6, 6.07) is 5.22. The Bertz CT molecular complexity index is 575. The lowest BCUT2D eigenvalue weighted by Crippen LogP contribution is -2.44. The molecule has 0 spiro atoms. The van der Waals surface area contributed by atoms with Crippen LogP contribution in [0.3, 0.4) is 0 Å². The molecule has 20 heavy (non-hydrogen) atoms. The number of sulfonamides is 1. The molecule has 2 rings (SSSR count). The highest BCUT2D eigenvalue weighted by atomic mass is 79.9. The number of aryl methyl sites for hydroxylation is 1. The highest BCUT2D eigenvalue weighted by molar-refractivity contribution is 9.10. The predicted octanol–water partition coefficient (Wildman–Crippen LogP) is 2.55. The molecule has 0 aliphatic heterocycles. The van der Waals surface area contributed by atoms with Gasteiger partial charge in [-0.2, -0.15) is 0 Å². The van der Waals surface area contributed by atoms with E-state index in [9.17, 15) is 8.42 Å². The number of hydrogen-bond donors (Lipinski definition) is 2. The summed E-state index contributed by atoms with van der Waals surface area (Å²) in [6.07, 6.45) is 4.05. The van der Waals surface area contributed by atoms with Gasteiger partial charge in [-0.15, -0.1) is 0 Å². The Kier molecular flexibility index (Phi) is 5.23. The van der Waals surface area contributed by atoms with Gasteiger partial charge in [0.15, 0.2) is 0 Å². The molecule has 1 saturated carbocycles. The van der Waals surface area contributed by atoms with E-state index in [2.05, 4.69) is 20.7 Å². The van der Waals surface area contributed by atoms with Gasteiger partial charge < -0.3 is 5.73 Å². The quantitative estimate of drug-likeness (QED) is 0.866. The summed E-state index contributed by atoms with van der Waals surface area (Å²) in [5.74, 6) is 0.238. The predicted molar refractivity (Wildman–Crippen MR) is 84.0 cm³/mol. The minimum absolute atomic E-state index is 0.0498. The van der Waals surface area contributed by atoms with Crippen molar-refractivity contribution >= 4 is 26.0 Å². The van der Waals surface area contributed by atoms with E-state index in [1.54, 1.807) is 12.1 Å². The highest BCUT2D eigenvalue weighted by Gasteiger charge is 2.29. The fourth-order valence-corrected chi connectivity index (χ4v) is 5.13. The standard InChI is InChI=1S/C14H21BrN2O2S/c1-10-5-4-8-13(14(10)15)20(18,19)17-12-7-3-2-6-11(12)9-16/h4-5,8,11-12,17H,2-3,6-7,9,16H2,1H3. The van der Waals surface area contributed by atoms with E-state index < -0.39 is 10.0 Å². The molecule has 6 heteroatoms. The first-order valence-electron chi connectivity index (χ1n) is 6.93. The molecule has 0 saturated heterocycles. The average Bonchev–Trinajstić information content (AvgIpc) is 2.42. The van der Waals surface area contributed by atoms with Crippen molar-refractivity contribution in [2.24, 2.45) is 11.7 Å². The molecule has 1 fully saturated rings. The maximum Gasteiger partial charge on any atom is 0.241 e. The SMILES string of the molecule is Cc1cccc(S(=O)(=O)NC2CCCCC2CN)c1Br. The van der Waals surface area contributed by atoms with Crippen LogP contribution in [0, 0.1) is 12.8 Å². The minimum atomic E-state index is -3.51. The Morgan fingerprint density at radius 3 is 2.75 bits per heavy atom. The summed E-state index contributed by atoms with van der Waals surface area (Å²) in [5.41, 5.74) is 6.67. The van der Waals surface area contributed by atoms with Crippen molar-refractivity contribution in [2.45, 2.75) is 43.5 Å². The van der Waals surface area contributed by atoms with Crippen molar-refractivity contribution in [1.82, 2.24) is 4.72 Å². The Morgan fingerprint density at radius 2 is 2.05 bits per heavy atom. The van der Waals surface area contributed by atoms with E-state index >= 15 is 0 Å². The van der Waals surface area contributed by atoms with Gasteiger partial charge in [0.05, 0.1) is 4.90 Å². The first kappa shape index (κ1) is 15.9. The van der Waals surface area contributed by atoms with Crippen LogP contribution in [0.5, 0.6) is 0 Å². The molecular weight excluding hydrogens is 340 g/mol. The van der Waals surface area contributed by atoms with Crippen LogP contribution < -0.4 is 10.5 Å². The summed E-state index contributed by atoms with van der Waals surface area (Å²) in [6.45, 7) is 2.41. The number of hydrogen-bond acceptors (Lipinski definition) is 3. The van der Waals surface area contributed by atoms with Crippen LogP contribution in [0.25, 0.3) is 0 Å². The lowest BCUT2D eigenvalue weighted by Gasteiger charge is -2.31. The summed E-state index contributed by atoms with van der Waals surface area (Å²) < 4.78 is 28.6. The zero-order valence-corrected chi connectivity index (χ0v) is 14.0. The molecule has 0 radical (unpaired) electrons. The minimum Gasteiger partial charge on any atom is -0.330 e. The third-order valence-corrected chi connectivity index (χ3v) is 6.81. The lowest BCUT2D eigenvalue weighted by atomic mass is 9.85. The molecule has 4 nitrogen and oxygen atoms in total. The molecule has 2 unspecified atom stereocenters. The summed E-state index contributed by atoms with van der Waals surface area (Å²) in [5, 5.41) is 0. The van der Waals surface area contributed by atoms with Crippen molar-refractivity contribution in [3.8, 4) is 0 Å². The zero-order chi connectivity index (χ0) is 14.8. The van der Waals surface area contributed by atoms with E-state index in [1.165, 1.54) is 0 Å². The maximum absolute atomic E-state index is 12.6. The first-order valence-corrected chi connectivity index (χ1v) is 9.21. The highest BCUT2D eigenvalue weighted by Crippen LogP contribution is 2.28. The van der Waals surface area contributed by atoms with Gasteiger partial charge in [-0.25, -0.2) is 13.1 Å². The number of nitrogens with one attached hydrogen (secondary N) is 1. The zero-order valence-electron chi connectivity index (χ0n) is 11.6. The lowest BCUT2D eigenvalue weighted by molar-refractivity contribution is 0.296. The van der Waals surface area contributed by atoms with Gasteiger partial charge in [-0.1, -0.05) is 25.0 Å². The van der Waals surface area contributed by atoms with Crippen molar-refractivity contribution < 1.29 is 8.42 Å². The Hall–Kier alpha value is -0.430. The molecule has 0 heterocycles. The van der Waals surface area contributed by atoms with Crippen LogP contribution in [0.1, 0.15) is 31.2 Å². The van der Waals surface area contributed by atoms with Crippen LogP contribution in [0.4, 0.5) is 0 Å². The smallest absolute Gasteiger partial charge is 0.241 e. The molecular formula is C14H21BrN2O2S. The first-order chi connectivity index (χ1) is 9.45. The number of halogens is 1. The van der Waals surface area contributed by atoms with Crippen LogP contribution in [0.2, 0.25) is 0 Å². The van der Waals surface area contributed by atoms with Gasteiger partial charge in [-0.05, 0) is 59.8 Å². The topological polar surface area (TPSA) is 72.2 Å². The van der Waals surface area contributed by atoms with Crippen LogP contribution in [-0.4, -0.2) is 21.0 Å². The van der Waals surface area contributed by atoms with Gasteiger partial charge in [0, 0.05) is 10.5 Å². The maximum atomic E-state index is 12.6. The molecule has 2 atom stereocenters. The van der Waals surface area contributed by atoms with Gasteiger partial charge in [0.25, 0.3) is 0 Å². The summed E-state index contributed by atoms with van der Waals surface area (Å²) >= 11 is 3.37. The summed E-state index contributed by atoms with van der Waals surface area (Å²) in [7, 11) is -3.51. The summed E-state index contributed by atoms with van der Waals surface area (Å²) in [4.78, 5) is 0.304. The molecule has 1 aliphatic carbocycles. The fourth-order valence-electron chi connectivity index (χ4n) is 2.74. The van der Waals surface area contributed by atoms with Gasteiger partial charge in [0.2, 0.25) is 10.0 Å². The number of rotatable bonds is 4. The normalized spacial score (nSPS) is 23.8. The average molecular weight is 361 g/mol. The fraction of sp³-hybridized carbons (Fsp3) is 0.571. The second-order valence-corrected chi connectivity index (χ2v) is 7.87. The van der Waals surface area contributed by atoms with Gasteiger partial charge in [-0.3, -0.25) is 0 Å². The second kappa shape index (κ2) is 6.56.